The molecular formula is C11H18N2O4S2. The molecule has 1 heterocycles. The fraction of sp³-hybridized carbons (Fsp3) is 0.545. The summed E-state index contributed by atoms with van der Waals surface area (Å²) in [5, 5.41) is 13.6. The van der Waals surface area contributed by atoms with Gasteiger partial charge in [0, 0.05) is 6.54 Å². The van der Waals surface area contributed by atoms with Gasteiger partial charge in [-0.3, -0.25) is 0 Å². The van der Waals surface area contributed by atoms with Gasteiger partial charge in [-0.05, 0) is 37.4 Å². The summed E-state index contributed by atoms with van der Waals surface area (Å²) in [6.45, 7) is 5.39. The van der Waals surface area contributed by atoms with Crippen molar-refractivity contribution >= 4 is 27.3 Å². The van der Waals surface area contributed by atoms with Crippen LogP contribution in [0.1, 0.15) is 28.6 Å². The van der Waals surface area contributed by atoms with Crippen LogP contribution < -0.4 is 10.0 Å². The summed E-state index contributed by atoms with van der Waals surface area (Å²) in [6.07, 6.45) is 0.651. The van der Waals surface area contributed by atoms with Gasteiger partial charge in [-0.1, -0.05) is 6.92 Å². The lowest BCUT2D eigenvalue weighted by molar-refractivity contribution is 0.0698. The van der Waals surface area contributed by atoms with Gasteiger partial charge in [0.2, 0.25) is 10.0 Å². The molecule has 1 aromatic rings. The molecule has 0 fully saturated rings. The number of carboxylic acid groups (broad SMARTS) is 1. The molecule has 1 aromatic heterocycles. The third-order valence-electron chi connectivity index (χ3n) is 2.45. The van der Waals surface area contributed by atoms with E-state index in [-0.39, 0.29) is 16.3 Å². The minimum absolute atomic E-state index is 0.117. The van der Waals surface area contributed by atoms with E-state index in [1.165, 1.54) is 5.38 Å². The summed E-state index contributed by atoms with van der Waals surface area (Å²) < 4.78 is 26.6. The van der Waals surface area contributed by atoms with Crippen LogP contribution in [0, 0.1) is 6.92 Å². The first-order chi connectivity index (χ1) is 8.90. The Morgan fingerprint density at radius 1 is 1.42 bits per heavy atom. The highest BCUT2D eigenvalue weighted by Crippen LogP contribution is 2.26. The fourth-order valence-corrected chi connectivity index (χ4v) is 4.28. The van der Waals surface area contributed by atoms with E-state index in [4.69, 9.17) is 5.11 Å². The summed E-state index contributed by atoms with van der Waals surface area (Å²) in [6, 6.07) is 0. The van der Waals surface area contributed by atoms with Crippen LogP contribution in [0.25, 0.3) is 0 Å². The second kappa shape index (κ2) is 6.99. The molecule has 0 aliphatic rings. The molecule has 0 spiro atoms. The molecule has 0 saturated carbocycles. The van der Waals surface area contributed by atoms with E-state index >= 15 is 0 Å². The van der Waals surface area contributed by atoms with E-state index in [0.717, 1.165) is 17.9 Å². The number of hydrogen-bond acceptors (Lipinski definition) is 5. The minimum atomic E-state index is -3.76. The van der Waals surface area contributed by atoms with Gasteiger partial charge in [-0.25, -0.2) is 17.9 Å². The lowest BCUT2D eigenvalue weighted by Crippen LogP contribution is -2.28. The smallest absolute Gasteiger partial charge is 0.347 e. The molecule has 0 saturated heterocycles. The summed E-state index contributed by atoms with van der Waals surface area (Å²) >= 11 is 0.927. The molecule has 108 valence electrons. The minimum Gasteiger partial charge on any atom is -0.477 e. The maximum absolute atomic E-state index is 12.1. The van der Waals surface area contributed by atoms with Crippen LogP contribution >= 0.6 is 11.3 Å². The maximum atomic E-state index is 12.1. The first kappa shape index (κ1) is 16.1. The molecule has 6 nitrogen and oxygen atoms in total. The number of sulfonamides is 1. The van der Waals surface area contributed by atoms with E-state index in [9.17, 15) is 13.2 Å². The molecule has 0 radical (unpaired) electrons. The second-order valence-corrected chi connectivity index (χ2v) is 6.57. The van der Waals surface area contributed by atoms with Gasteiger partial charge < -0.3 is 10.4 Å². The quantitative estimate of drug-likeness (QED) is 0.624. The average Bonchev–Trinajstić information content (AvgIpc) is 2.71. The van der Waals surface area contributed by atoms with Crippen molar-refractivity contribution < 1.29 is 18.3 Å². The van der Waals surface area contributed by atoms with E-state index in [0.29, 0.717) is 18.5 Å². The number of aryl methyl sites for hydroxylation is 1. The first-order valence-electron chi connectivity index (χ1n) is 5.92. The summed E-state index contributed by atoms with van der Waals surface area (Å²) in [5.74, 6) is -1.22. The number of aromatic carboxylic acids is 1. The largest absolute Gasteiger partial charge is 0.477 e. The first-order valence-corrected chi connectivity index (χ1v) is 8.28. The number of hydrogen-bond donors (Lipinski definition) is 3. The van der Waals surface area contributed by atoms with Crippen molar-refractivity contribution in [3.05, 3.63) is 15.8 Å². The van der Waals surface area contributed by atoms with Crippen molar-refractivity contribution in [3.8, 4) is 0 Å². The lowest BCUT2D eigenvalue weighted by Gasteiger charge is -2.07. The zero-order valence-corrected chi connectivity index (χ0v) is 12.5. The molecule has 0 amide bonds. The molecule has 0 aromatic carbocycles. The molecule has 0 aliphatic heterocycles. The molecule has 0 bridgehead atoms. The molecule has 19 heavy (non-hydrogen) atoms. The van der Waals surface area contributed by atoms with Crippen LogP contribution in [0.15, 0.2) is 10.3 Å². The average molecular weight is 306 g/mol. The van der Waals surface area contributed by atoms with E-state index in [1.807, 2.05) is 6.92 Å². The van der Waals surface area contributed by atoms with Crippen molar-refractivity contribution in [3.63, 3.8) is 0 Å². The van der Waals surface area contributed by atoms with Gasteiger partial charge >= 0.3 is 5.97 Å². The SMILES string of the molecule is CCNCCCNS(=O)(=O)c1c(C)csc1C(=O)O. The van der Waals surface area contributed by atoms with Gasteiger partial charge in [0.1, 0.15) is 9.77 Å². The maximum Gasteiger partial charge on any atom is 0.347 e. The summed E-state index contributed by atoms with van der Waals surface area (Å²) in [7, 11) is -3.76. The summed E-state index contributed by atoms with van der Waals surface area (Å²) in [4.78, 5) is 10.7. The Labute approximate surface area is 116 Å². The normalized spacial score (nSPS) is 11.7. The van der Waals surface area contributed by atoms with Gasteiger partial charge in [0.05, 0.1) is 0 Å². The molecule has 1 rings (SSSR count). The highest BCUT2D eigenvalue weighted by atomic mass is 32.2. The second-order valence-electron chi connectivity index (χ2n) is 3.99. The van der Waals surface area contributed by atoms with Crippen LogP contribution in [0.4, 0.5) is 0 Å². The van der Waals surface area contributed by atoms with Gasteiger partial charge in [-0.15, -0.1) is 11.3 Å². The topological polar surface area (TPSA) is 95.5 Å². The lowest BCUT2D eigenvalue weighted by atomic mass is 10.3. The van der Waals surface area contributed by atoms with Crippen LogP contribution in [-0.2, 0) is 10.0 Å². The molecular weight excluding hydrogens is 288 g/mol. The van der Waals surface area contributed by atoms with Crippen LogP contribution in [-0.4, -0.2) is 39.1 Å². The van der Waals surface area contributed by atoms with E-state index in [1.54, 1.807) is 6.92 Å². The van der Waals surface area contributed by atoms with Crippen LogP contribution in [0.3, 0.4) is 0 Å². The van der Waals surface area contributed by atoms with E-state index in [2.05, 4.69) is 10.0 Å². The Morgan fingerprint density at radius 2 is 2.11 bits per heavy atom. The zero-order chi connectivity index (χ0) is 14.5. The number of rotatable bonds is 8. The van der Waals surface area contributed by atoms with Crippen molar-refractivity contribution in [1.82, 2.24) is 10.0 Å². The van der Waals surface area contributed by atoms with Crippen molar-refractivity contribution in [2.45, 2.75) is 25.2 Å². The Balaban J connectivity index is 2.77. The van der Waals surface area contributed by atoms with Crippen LogP contribution in [0.5, 0.6) is 0 Å². The summed E-state index contributed by atoms with van der Waals surface area (Å²) in [5.41, 5.74) is 0.460. The Bertz CT molecular complexity index is 537. The van der Waals surface area contributed by atoms with Crippen LogP contribution in [0.2, 0.25) is 0 Å². The van der Waals surface area contributed by atoms with Crippen molar-refractivity contribution in [2.75, 3.05) is 19.6 Å². The highest BCUT2D eigenvalue weighted by Gasteiger charge is 2.26. The number of nitrogens with one attached hydrogen (secondary N) is 2. The highest BCUT2D eigenvalue weighted by molar-refractivity contribution is 7.89. The number of thiophene rings is 1. The number of carboxylic acids is 1. The predicted molar refractivity (Wildman–Crippen MR) is 74.4 cm³/mol. The van der Waals surface area contributed by atoms with E-state index < -0.39 is 16.0 Å². The standard InChI is InChI=1S/C11H18N2O4S2/c1-3-12-5-4-6-13-19(16,17)10-8(2)7-18-9(10)11(14)15/h7,12-13H,3-6H2,1-2H3,(H,14,15). The Hall–Kier alpha value is -0.960. The Kier molecular flexibility index (Phi) is 5.92. The van der Waals surface area contributed by atoms with Gasteiger partial charge in [-0.2, -0.15) is 0 Å². The third-order valence-corrected chi connectivity index (χ3v) is 5.32. The monoisotopic (exact) mass is 306 g/mol. The van der Waals surface area contributed by atoms with Gasteiger partial charge in [0.25, 0.3) is 0 Å². The van der Waals surface area contributed by atoms with Gasteiger partial charge in [0.15, 0.2) is 0 Å². The predicted octanol–water partition coefficient (Wildman–Crippen LogP) is 1.03. The molecule has 0 aliphatic carbocycles. The fourth-order valence-electron chi connectivity index (χ4n) is 1.58. The molecule has 0 unspecified atom stereocenters. The zero-order valence-electron chi connectivity index (χ0n) is 10.9. The molecule has 8 heteroatoms. The third kappa shape index (κ3) is 4.27. The molecule has 0 atom stereocenters. The molecule has 3 N–H and O–H groups in total. The number of carbonyl (C=O) groups is 1. The Morgan fingerprint density at radius 3 is 2.68 bits per heavy atom. The van der Waals surface area contributed by atoms with Crippen molar-refractivity contribution in [1.29, 1.82) is 0 Å². The van der Waals surface area contributed by atoms with Crippen molar-refractivity contribution in [2.24, 2.45) is 0 Å².